The van der Waals surface area contributed by atoms with Gasteiger partial charge in [0, 0.05) is 48.7 Å². The van der Waals surface area contributed by atoms with Gasteiger partial charge in [0.15, 0.2) is 11.9 Å². The fourth-order valence-electron chi connectivity index (χ4n) is 7.93. The minimum Gasteiger partial charge on any atom is -0.466 e. The number of ether oxygens (including phenoxy) is 7. The maximum Gasteiger partial charge on any atom is 0.330 e. The highest BCUT2D eigenvalue weighted by Crippen LogP contribution is 2.49. The van der Waals surface area contributed by atoms with Crippen molar-refractivity contribution in [1.82, 2.24) is 0 Å². The normalized spacial score (nSPS) is 37.7. The van der Waals surface area contributed by atoms with Crippen molar-refractivity contribution in [3.05, 3.63) is 35.5 Å². The van der Waals surface area contributed by atoms with E-state index in [0.717, 1.165) is 6.08 Å². The maximum absolute atomic E-state index is 13.2. The molecule has 4 rings (SSSR count). The average Bonchev–Trinajstić information content (AvgIpc) is 3.09. The van der Waals surface area contributed by atoms with E-state index in [1.807, 2.05) is 13.8 Å². The molecule has 4 heterocycles. The summed E-state index contributed by atoms with van der Waals surface area (Å²) in [5, 5.41) is 46.7. The van der Waals surface area contributed by atoms with Crippen LogP contribution >= 0.6 is 0 Å². The van der Waals surface area contributed by atoms with Gasteiger partial charge in [-0.2, -0.15) is 0 Å². The van der Waals surface area contributed by atoms with Crippen LogP contribution in [0.3, 0.4) is 0 Å². The van der Waals surface area contributed by atoms with Gasteiger partial charge in [-0.1, -0.05) is 52.3 Å². The Balaban J connectivity index is 1.86. The first-order valence-corrected chi connectivity index (χ1v) is 19.6. The number of esters is 4. The van der Waals surface area contributed by atoms with E-state index >= 15 is 0 Å². The average molecular weight is 795 g/mol. The summed E-state index contributed by atoms with van der Waals surface area (Å²) >= 11 is 0. The van der Waals surface area contributed by atoms with E-state index in [1.165, 1.54) is 27.2 Å². The summed E-state index contributed by atoms with van der Waals surface area (Å²) in [5.41, 5.74) is -1.29. The molecule has 0 aromatic carbocycles. The third kappa shape index (κ3) is 11.1. The lowest BCUT2D eigenvalue weighted by molar-refractivity contribution is -0.328. The molecule has 0 aromatic rings. The molecule has 4 aliphatic heterocycles. The van der Waals surface area contributed by atoms with Crippen LogP contribution in [-0.4, -0.2) is 119 Å². The van der Waals surface area contributed by atoms with Crippen LogP contribution in [0.15, 0.2) is 35.5 Å². The Labute approximate surface area is 329 Å². The molecule has 0 aromatic heterocycles. The van der Waals surface area contributed by atoms with Crippen LogP contribution in [0.1, 0.15) is 112 Å². The lowest BCUT2D eigenvalue weighted by Gasteiger charge is -2.51. The van der Waals surface area contributed by atoms with Crippen LogP contribution in [0.25, 0.3) is 0 Å². The molecule has 316 valence electrons. The van der Waals surface area contributed by atoms with Gasteiger partial charge in [0.2, 0.25) is 5.79 Å². The summed E-state index contributed by atoms with van der Waals surface area (Å²) < 4.78 is 40.7. The summed E-state index contributed by atoms with van der Waals surface area (Å²) in [5.74, 6) is -6.86. The molecule has 0 aliphatic carbocycles. The van der Waals surface area contributed by atoms with Crippen molar-refractivity contribution in [3.63, 3.8) is 0 Å². The monoisotopic (exact) mass is 794 g/mol. The largest absolute Gasteiger partial charge is 0.466 e. The number of methoxy groups -OCH3 is 2. The molecule has 0 saturated carbocycles. The molecule has 0 amide bonds. The van der Waals surface area contributed by atoms with Crippen molar-refractivity contribution in [1.29, 1.82) is 0 Å². The molecule has 4 aliphatic rings. The number of rotatable bonds is 6. The molecule has 0 spiro atoms. The van der Waals surface area contributed by atoms with Crippen LogP contribution < -0.4 is 0 Å². The highest BCUT2D eigenvalue weighted by molar-refractivity contribution is 5.83. The van der Waals surface area contributed by atoms with Gasteiger partial charge in [0.25, 0.3) is 0 Å². The van der Waals surface area contributed by atoms with Crippen LogP contribution in [0.2, 0.25) is 0 Å². The highest BCUT2D eigenvalue weighted by atomic mass is 16.7. The minimum absolute atomic E-state index is 0.00279. The summed E-state index contributed by atoms with van der Waals surface area (Å²) in [6, 6.07) is 0. The van der Waals surface area contributed by atoms with Gasteiger partial charge in [0.05, 0.1) is 57.3 Å². The van der Waals surface area contributed by atoms with Gasteiger partial charge < -0.3 is 53.6 Å². The zero-order valence-electron chi connectivity index (χ0n) is 34.0. The van der Waals surface area contributed by atoms with Crippen molar-refractivity contribution >= 4 is 23.9 Å². The van der Waals surface area contributed by atoms with Crippen LogP contribution in [0, 0.1) is 10.8 Å². The Morgan fingerprint density at radius 2 is 1.62 bits per heavy atom. The Hall–Kier alpha value is -3.18. The molecule has 3 saturated heterocycles. The third-order valence-corrected chi connectivity index (χ3v) is 11.5. The molecule has 0 radical (unpaired) electrons. The Morgan fingerprint density at radius 3 is 2.27 bits per heavy atom. The first-order chi connectivity index (χ1) is 26.1. The predicted molar refractivity (Wildman–Crippen MR) is 199 cm³/mol. The maximum atomic E-state index is 13.2. The van der Waals surface area contributed by atoms with Crippen molar-refractivity contribution < 1.29 is 72.8 Å². The zero-order valence-corrected chi connectivity index (χ0v) is 34.0. The van der Waals surface area contributed by atoms with Crippen molar-refractivity contribution in [3.8, 4) is 0 Å². The van der Waals surface area contributed by atoms with Gasteiger partial charge in [-0.25, -0.2) is 9.59 Å². The summed E-state index contributed by atoms with van der Waals surface area (Å²) in [7, 11) is 2.46. The number of cyclic esters (lactones) is 1. The van der Waals surface area contributed by atoms with E-state index < -0.39 is 102 Å². The van der Waals surface area contributed by atoms with E-state index in [1.54, 1.807) is 32.9 Å². The first kappa shape index (κ1) is 45.5. The number of hydrogen-bond donors (Lipinski definition) is 4. The van der Waals surface area contributed by atoms with E-state index in [2.05, 4.69) is 0 Å². The highest BCUT2D eigenvalue weighted by Gasteiger charge is 2.58. The van der Waals surface area contributed by atoms with Gasteiger partial charge >= 0.3 is 23.9 Å². The van der Waals surface area contributed by atoms with Gasteiger partial charge in [0.1, 0.15) is 6.10 Å². The fourth-order valence-corrected chi connectivity index (χ4v) is 7.93. The number of carbonyl (C=O) groups is 4. The molecule has 56 heavy (non-hydrogen) atoms. The molecule has 3 fully saturated rings. The molecule has 15 heteroatoms. The molecule has 4 N–H and O–H groups in total. The van der Waals surface area contributed by atoms with Crippen molar-refractivity contribution in [2.24, 2.45) is 10.8 Å². The van der Waals surface area contributed by atoms with E-state index in [0.29, 0.717) is 24.8 Å². The number of fused-ring (bicyclic) bond motifs is 6. The van der Waals surface area contributed by atoms with Gasteiger partial charge in [-0.05, 0) is 51.0 Å². The topological polar surface area (TPSA) is 214 Å². The molecular weight excluding hydrogens is 732 g/mol. The molecule has 0 unspecified atom stereocenters. The van der Waals surface area contributed by atoms with E-state index in [4.69, 9.17) is 33.2 Å². The summed E-state index contributed by atoms with van der Waals surface area (Å²) in [6.45, 7) is 10.3. The third-order valence-electron chi connectivity index (χ3n) is 11.5. The standard InChI is InChI=1S/C41H62O15/c1-9-10-33(44)54-37-26(19-35(46)51-8)18-30-22-32(24(2)42)53-36(47)21-27(43)20-29-12-13-38(3,4)40(48,55-29)23-31-16-25(17-34(45)50-7)15-28(52-31)11-14-39(5,6)41(37,49)56-30/h11,14,17,19,24,27-32,37,42-43,48-49H,9-10,12-13,15-16,18,20-23H2,1-8H3/b14-11-,25-17+,26-19+/t24-,27-,28+,29+,30+,31+,32-,37+,40+,41-/m1/s1. The Kier molecular flexibility index (Phi) is 15.1. The second-order valence-electron chi connectivity index (χ2n) is 16.9. The van der Waals surface area contributed by atoms with Crippen molar-refractivity contribution in [2.45, 2.75) is 173 Å². The Bertz CT molecular complexity index is 1510. The van der Waals surface area contributed by atoms with Crippen LogP contribution in [0.5, 0.6) is 0 Å². The second-order valence-corrected chi connectivity index (χ2v) is 16.9. The predicted octanol–water partition coefficient (Wildman–Crippen LogP) is 3.63. The zero-order chi connectivity index (χ0) is 41.6. The molecular formula is C41H62O15. The van der Waals surface area contributed by atoms with E-state index in [9.17, 15) is 39.6 Å². The summed E-state index contributed by atoms with van der Waals surface area (Å²) in [6.07, 6.45) is -0.739. The van der Waals surface area contributed by atoms with Gasteiger partial charge in [-0.3, -0.25) is 9.59 Å². The van der Waals surface area contributed by atoms with Crippen LogP contribution in [-0.2, 0) is 52.3 Å². The molecule has 10 atom stereocenters. The molecule has 6 bridgehead atoms. The molecule has 15 nitrogen and oxygen atoms in total. The van der Waals surface area contributed by atoms with Gasteiger partial charge in [-0.15, -0.1) is 0 Å². The quantitative estimate of drug-likeness (QED) is 0.131. The van der Waals surface area contributed by atoms with E-state index in [-0.39, 0.29) is 50.5 Å². The number of hydrogen-bond acceptors (Lipinski definition) is 15. The lowest BCUT2D eigenvalue weighted by Crippen LogP contribution is -2.62. The summed E-state index contributed by atoms with van der Waals surface area (Å²) in [4.78, 5) is 51.4. The second kappa shape index (κ2) is 18.6. The Morgan fingerprint density at radius 1 is 0.946 bits per heavy atom. The number of aliphatic hydroxyl groups is 4. The van der Waals surface area contributed by atoms with Crippen LogP contribution in [0.4, 0.5) is 0 Å². The number of carbonyl (C=O) groups excluding carboxylic acids is 4. The minimum atomic E-state index is -2.36. The lowest BCUT2D eigenvalue weighted by atomic mass is 9.72. The van der Waals surface area contributed by atoms with Crippen molar-refractivity contribution in [2.75, 3.05) is 14.2 Å². The SMILES string of the molecule is CCCC(=O)O[C@H]1/C(=C/C(=O)OC)C[C@H]2C[C@H]([C@@H](C)O)OC(=O)C[C@H](O)C[C@@H]3CCC(C)(C)[C@](O)(C[C@@H]4C/C(=C/C(=O)OC)C[C@H](/C=C\C(C)(C)[C@]1(O)O2)O4)O3. The first-order valence-electron chi connectivity index (χ1n) is 19.6. The smallest absolute Gasteiger partial charge is 0.330 e. The fraction of sp³-hybridized carbons (Fsp3) is 0.756. The number of aliphatic hydroxyl groups excluding tert-OH is 2.